The largest absolute Gasteiger partial charge is 0.354 e. The third-order valence-corrected chi connectivity index (χ3v) is 5.77. The molecule has 0 radical (unpaired) electrons. The van der Waals surface area contributed by atoms with Gasteiger partial charge in [0.05, 0.1) is 5.75 Å². The van der Waals surface area contributed by atoms with Crippen molar-refractivity contribution in [2.75, 3.05) is 12.3 Å². The first-order chi connectivity index (χ1) is 14.4. The highest BCUT2D eigenvalue weighted by atomic mass is 32.2. The highest BCUT2D eigenvalue weighted by Gasteiger charge is 2.28. The van der Waals surface area contributed by atoms with E-state index < -0.39 is 6.04 Å². The molecule has 1 N–H and O–H groups in total. The number of nitrogens with one attached hydrogen (secondary N) is 1. The Bertz CT molecular complexity index is 826. The minimum Gasteiger partial charge on any atom is -0.354 e. The average Bonchev–Trinajstić information content (AvgIpc) is 2.73. The highest BCUT2D eigenvalue weighted by Crippen LogP contribution is 2.18. The smallest absolute Gasteiger partial charge is 0.242 e. The van der Waals surface area contributed by atoms with Crippen LogP contribution in [0.5, 0.6) is 0 Å². The van der Waals surface area contributed by atoms with E-state index in [0.29, 0.717) is 13.0 Å². The van der Waals surface area contributed by atoms with Crippen molar-refractivity contribution in [1.82, 2.24) is 10.2 Å². The molecule has 1 atom stereocenters. The molecule has 0 spiro atoms. The van der Waals surface area contributed by atoms with Gasteiger partial charge in [-0.3, -0.25) is 9.59 Å². The Kier molecular flexibility index (Phi) is 9.87. The van der Waals surface area contributed by atoms with Crippen molar-refractivity contribution >= 4 is 23.6 Å². The second-order valence-electron chi connectivity index (χ2n) is 7.35. The monoisotopic (exact) mass is 430 g/mol. The molecule has 4 nitrogen and oxygen atoms in total. The summed E-state index contributed by atoms with van der Waals surface area (Å²) < 4.78 is 13.3. The molecule has 0 aliphatic carbocycles. The lowest BCUT2D eigenvalue weighted by molar-refractivity contribution is -0.139. The molecule has 0 saturated heterocycles. The number of hydrogen-bond acceptors (Lipinski definition) is 3. The molecule has 0 unspecified atom stereocenters. The lowest BCUT2D eigenvalue weighted by Gasteiger charge is -2.30. The summed E-state index contributed by atoms with van der Waals surface area (Å²) in [6.45, 7) is 6.80. The molecule has 0 saturated carbocycles. The van der Waals surface area contributed by atoms with Gasteiger partial charge < -0.3 is 10.2 Å². The van der Waals surface area contributed by atoms with Crippen LogP contribution in [0.25, 0.3) is 0 Å². The zero-order chi connectivity index (χ0) is 21.9. The van der Waals surface area contributed by atoms with Crippen molar-refractivity contribution in [1.29, 1.82) is 0 Å². The Morgan fingerprint density at radius 2 is 1.83 bits per heavy atom. The summed E-state index contributed by atoms with van der Waals surface area (Å²) in [5, 5.41) is 2.90. The number of rotatable bonds is 11. The zero-order valence-corrected chi connectivity index (χ0v) is 18.8. The van der Waals surface area contributed by atoms with E-state index in [9.17, 15) is 14.0 Å². The summed E-state index contributed by atoms with van der Waals surface area (Å²) in [5.74, 6) is 0.468. The normalized spacial score (nSPS) is 11.7. The van der Waals surface area contributed by atoms with Crippen LogP contribution in [0.15, 0.2) is 48.5 Å². The fourth-order valence-electron chi connectivity index (χ4n) is 3.21. The van der Waals surface area contributed by atoms with Gasteiger partial charge in [-0.2, -0.15) is 0 Å². The Hall–Kier alpha value is -2.34. The molecule has 0 bridgehead atoms. The molecular weight excluding hydrogens is 399 g/mol. The van der Waals surface area contributed by atoms with Gasteiger partial charge in [0.25, 0.3) is 0 Å². The molecule has 0 fully saturated rings. The summed E-state index contributed by atoms with van der Waals surface area (Å²) in [5.41, 5.74) is 3.16. The molecule has 2 aromatic carbocycles. The second kappa shape index (κ2) is 12.4. The number of hydrogen-bond donors (Lipinski definition) is 1. The zero-order valence-electron chi connectivity index (χ0n) is 18.0. The standard InChI is InChI=1S/C24H31FN2O2S/c1-4-13-26-24(29)22(5-2)27(15-19-9-11-21(25)12-10-19)23(28)17-30-16-20-8-6-7-18(3)14-20/h6-12,14,22H,4-5,13,15-17H2,1-3H3,(H,26,29)/t22-/m0/s1. The van der Waals surface area contributed by atoms with Crippen LogP contribution in [0.4, 0.5) is 4.39 Å². The van der Waals surface area contributed by atoms with Crippen LogP contribution >= 0.6 is 11.8 Å². The van der Waals surface area contributed by atoms with Gasteiger partial charge in [-0.05, 0) is 43.0 Å². The third-order valence-electron chi connectivity index (χ3n) is 4.78. The second-order valence-corrected chi connectivity index (χ2v) is 8.33. The molecule has 2 rings (SSSR count). The van der Waals surface area contributed by atoms with Gasteiger partial charge in [0.15, 0.2) is 0 Å². The van der Waals surface area contributed by atoms with Crippen LogP contribution in [-0.4, -0.2) is 35.1 Å². The van der Waals surface area contributed by atoms with Crippen LogP contribution in [0.3, 0.4) is 0 Å². The maximum absolute atomic E-state index is 13.3. The van der Waals surface area contributed by atoms with Crippen LogP contribution in [0, 0.1) is 12.7 Å². The molecule has 6 heteroatoms. The number of benzene rings is 2. The SMILES string of the molecule is CCCNC(=O)[C@H](CC)N(Cc1ccc(F)cc1)C(=O)CSCc1cccc(C)c1. The summed E-state index contributed by atoms with van der Waals surface area (Å²) in [6, 6.07) is 13.7. The quantitative estimate of drug-likeness (QED) is 0.562. The first kappa shape index (κ1) is 23.9. The summed E-state index contributed by atoms with van der Waals surface area (Å²) >= 11 is 1.54. The van der Waals surface area contributed by atoms with Gasteiger partial charge in [-0.25, -0.2) is 4.39 Å². The predicted octanol–water partition coefficient (Wildman–Crippen LogP) is 4.70. The number of halogens is 1. The van der Waals surface area contributed by atoms with E-state index >= 15 is 0 Å². The average molecular weight is 431 g/mol. The minimum absolute atomic E-state index is 0.0875. The molecule has 0 aliphatic rings. The maximum atomic E-state index is 13.3. The van der Waals surface area contributed by atoms with E-state index in [1.807, 2.05) is 39.0 Å². The first-order valence-corrected chi connectivity index (χ1v) is 11.5. The summed E-state index contributed by atoms with van der Waals surface area (Å²) in [4.78, 5) is 27.4. The van der Waals surface area contributed by atoms with Gasteiger partial charge in [0, 0.05) is 18.8 Å². The summed E-state index contributed by atoms with van der Waals surface area (Å²) in [6.07, 6.45) is 1.35. The molecule has 162 valence electrons. The summed E-state index contributed by atoms with van der Waals surface area (Å²) in [7, 11) is 0. The van der Waals surface area contributed by atoms with Crippen molar-refractivity contribution < 1.29 is 14.0 Å². The van der Waals surface area contributed by atoms with Crippen molar-refractivity contribution in [3.63, 3.8) is 0 Å². The van der Waals surface area contributed by atoms with E-state index in [1.54, 1.807) is 17.0 Å². The van der Waals surface area contributed by atoms with Crippen molar-refractivity contribution in [3.05, 3.63) is 71.0 Å². The van der Waals surface area contributed by atoms with E-state index in [-0.39, 0.29) is 29.9 Å². The van der Waals surface area contributed by atoms with E-state index in [2.05, 4.69) is 11.4 Å². The first-order valence-electron chi connectivity index (χ1n) is 10.4. The van der Waals surface area contributed by atoms with E-state index in [0.717, 1.165) is 17.7 Å². The van der Waals surface area contributed by atoms with Gasteiger partial charge in [-0.15, -0.1) is 11.8 Å². The minimum atomic E-state index is -0.548. The van der Waals surface area contributed by atoms with Crippen LogP contribution in [-0.2, 0) is 21.9 Å². The van der Waals surface area contributed by atoms with E-state index in [1.165, 1.54) is 35.0 Å². The number of carbonyl (C=O) groups excluding carboxylic acids is 2. The number of thioether (sulfide) groups is 1. The molecule has 2 amide bonds. The fourth-order valence-corrected chi connectivity index (χ4v) is 4.07. The van der Waals surface area contributed by atoms with Gasteiger partial charge in [0.1, 0.15) is 11.9 Å². The Balaban J connectivity index is 2.10. The number of nitrogens with zero attached hydrogens (tertiary/aromatic N) is 1. The van der Waals surface area contributed by atoms with Crippen molar-refractivity contribution in [2.45, 2.75) is 52.0 Å². The lowest BCUT2D eigenvalue weighted by atomic mass is 10.1. The van der Waals surface area contributed by atoms with Gasteiger partial charge in [0.2, 0.25) is 11.8 Å². The Morgan fingerprint density at radius 3 is 2.47 bits per heavy atom. The number of amides is 2. The van der Waals surface area contributed by atoms with Gasteiger partial charge in [-0.1, -0.05) is 55.8 Å². The molecule has 2 aromatic rings. The molecule has 0 heterocycles. The highest BCUT2D eigenvalue weighted by molar-refractivity contribution is 7.99. The number of aryl methyl sites for hydroxylation is 1. The maximum Gasteiger partial charge on any atom is 0.242 e. The molecular formula is C24H31FN2O2S. The lowest BCUT2D eigenvalue weighted by Crippen LogP contribution is -2.49. The Labute approximate surface area is 183 Å². The topological polar surface area (TPSA) is 49.4 Å². The Morgan fingerprint density at radius 1 is 1.10 bits per heavy atom. The predicted molar refractivity (Wildman–Crippen MR) is 122 cm³/mol. The van der Waals surface area contributed by atoms with E-state index in [4.69, 9.17) is 0 Å². The molecule has 0 aliphatic heterocycles. The third kappa shape index (κ3) is 7.48. The number of carbonyl (C=O) groups is 2. The van der Waals surface area contributed by atoms with Crippen LogP contribution in [0.2, 0.25) is 0 Å². The fraction of sp³-hybridized carbons (Fsp3) is 0.417. The van der Waals surface area contributed by atoms with Crippen LogP contribution < -0.4 is 5.32 Å². The van der Waals surface area contributed by atoms with Crippen molar-refractivity contribution in [3.8, 4) is 0 Å². The van der Waals surface area contributed by atoms with Crippen molar-refractivity contribution in [2.24, 2.45) is 0 Å². The molecule has 30 heavy (non-hydrogen) atoms. The van der Waals surface area contributed by atoms with Gasteiger partial charge >= 0.3 is 0 Å². The molecule has 0 aromatic heterocycles. The van der Waals surface area contributed by atoms with Crippen LogP contribution in [0.1, 0.15) is 43.4 Å².